The molecule has 0 bridgehead atoms. The molecule has 0 atom stereocenters. The number of nitrogens with two attached hydrogens (primary N) is 1. The third-order valence-corrected chi connectivity index (χ3v) is 3.17. The molecule has 1 aromatic carbocycles. The van der Waals surface area contributed by atoms with Gasteiger partial charge in [-0.2, -0.15) is 0 Å². The molecule has 0 saturated heterocycles. The molecule has 1 aromatic heterocycles. The Morgan fingerprint density at radius 2 is 2.06 bits per heavy atom. The van der Waals surface area contributed by atoms with Gasteiger partial charge in [0.05, 0.1) is 0 Å². The Morgan fingerprint density at radius 3 is 2.71 bits per heavy atom. The van der Waals surface area contributed by atoms with Crippen LogP contribution in [0.4, 0.5) is 5.69 Å². The van der Waals surface area contributed by atoms with Gasteiger partial charge < -0.3 is 16.0 Å². The minimum absolute atomic E-state index is 0.000310. The number of aromatic nitrogens is 1. The van der Waals surface area contributed by atoms with Crippen LogP contribution in [0.3, 0.4) is 0 Å². The van der Waals surface area contributed by atoms with E-state index in [1.54, 1.807) is 0 Å². The number of hydrogen-bond donors (Lipinski definition) is 3. The Bertz CT molecular complexity index is 515. The van der Waals surface area contributed by atoms with Crippen molar-refractivity contribution in [2.75, 3.05) is 12.3 Å². The van der Waals surface area contributed by atoms with Gasteiger partial charge in [-0.25, -0.2) is 0 Å². The van der Waals surface area contributed by atoms with Gasteiger partial charge in [-0.15, -0.1) is 0 Å². The van der Waals surface area contributed by atoms with Crippen LogP contribution in [0.1, 0.15) is 11.3 Å². The monoisotopic (exact) mass is 249 g/mol. The zero-order valence-electron chi connectivity index (χ0n) is 9.40. The fraction of sp³-hybridized carbons (Fsp3) is 0.250. The van der Waals surface area contributed by atoms with Crippen LogP contribution in [0.15, 0.2) is 34.4 Å². The molecule has 0 fully saturated rings. The predicted molar refractivity (Wildman–Crippen MR) is 71.2 cm³/mol. The molecule has 90 valence electrons. The summed E-state index contributed by atoms with van der Waals surface area (Å²) in [4.78, 5) is 13.7. The van der Waals surface area contributed by atoms with Crippen molar-refractivity contribution < 1.29 is 0 Å². The van der Waals surface area contributed by atoms with Gasteiger partial charge in [0, 0.05) is 23.3 Å². The largest absolute Gasteiger partial charge is 0.399 e. The summed E-state index contributed by atoms with van der Waals surface area (Å²) in [5.74, 6) is 0. The van der Waals surface area contributed by atoms with Crippen molar-refractivity contribution in [2.45, 2.75) is 13.0 Å². The molecule has 0 aliphatic rings. The van der Waals surface area contributed by atoms with Gasteiger partial charge in [0.1, 0.15) is 0 Å². The van der Waals surface area contributed by atoms with Crippen molar-refractivity contribution in [1.29, 1.82) is 0 Å². The van der Waals surface area contributed by atoms with E-state index in [9.17, 15) is 4.79 Å². The standard InChI is InChI=1S/C12H15N3OS/c13-10-3-1-9(2-4-10)5-6-14-7-11-8-17-12(16)15-11/h1-4,8,14H,5-7,13H2,(H,15,16). The number of thiazole rings is 1. The smallest absolute Gasteiger partial charge is 0.304 e. The van der Waals surface area contributed by atoms with Crippen molar-refractivity contribution in [3.8, 4) is 0 Å². The molecule has 0 unspecified atom stereocenters. The van der Waals surface area contributed by atoms with Crippen LogP contribution in [-0.2, 0) is 13.0 Å². The molecule has 0 radical (unpaired) electrons. The molecule has 0 aliphatic heterocycles. The molecule has 4 nitrogen and oxygen atoms in total. The number of aromatic amines is 1. The lowest BCUT2D eigenvalue weighted by Gasteiger charge is -2.03. The van der Waals surface area contributed by atoms with Gasteiger partial charge in [-0.3, -0.25) is 4.79 Å². The third-order valence-electron chi connectivity index (χ3n) is 2.46. The van der Waals surface area contributed by atoms with Crippen LogP contribution in [0.2, 0.25) is 0 Å². The van der Waals surface area contributed by atoms with Crippen LogP contribution >= 0.6 is 11.3 Å². The second kappa shape index (κ2) is 5.65. The average Bonchev–Trinajstić information content (AvgIpc) is 2.73. The first-order chi connectivity index (χ1) is 8.24. The molecule has 1 heterocycles. The Morgan fingerprint density at radius 1 is 1.29 bits per heavy atom. The molecule has 4 N–H and O–H groups in total. The van der Waals surface area contributed by atoms with Crippen molar-refractivity contribution in [2.24, 2.45) is 0 Å². The summed E-state index contributed by atoms with van der Waals surface area (Å²) >= 11 is 1.20. The number of benzene rings is 1. The maximum atomic E-state index is 10.9. The second-order valence-electron chi connectivity index (χ2n) is 3.84. The lowest BCUT2D eigenvalue weighted by Crippen LogP contribution is -2.17. The summed E-state index contributed by atoms with van der Waals surface area (Å²) in [6, 6.07) is 7.88. The van der Waals surface area contributed by atoms with Gasteiger partial charge in [0.2, 0.25) is 0 Å². The van der Waals surface area contributed by atoms with E-state index < -0.39 is 0 Å². The van der Waals surface area contributed by atoms with Gasteiger partial charge in [0.15, 0.2) is 0 Å². The summed E-state index contributed by atoms with van der Waals surface area (Å²) in [5, 5.41) is 5.13. The highest BCUT2D eigenvalue weighted by molar-refractivity contribution is 7.07. The number of hydrogen-bond acceptors (Lipinski definition) is 4. The summed E-state index contributed by atoms with van der Waals surface area (Å²) in [5.41, 5.74) is 8.60. The summed E-state index contributed by atoms with van der Waals surface area (Å²) in [6.45, 7) is 1.58. The lowest BCUT2D eigenvalue weighted by atomic mass is 10.1. The Hall–Kier alpha value is -1.59. The van der Waals surface area contributed by atoms with Gasteiger partial charge in [0.25, 0.3) is 0 Å². The van der Waals surface area contributed by atoms with Gasteiger partial charge >= 0.3 is 4.87 Å². The number of H-pyrrole nitrogens is 1. The highest BCUT2D eigenvalue weighted by Gasteiger charge is 1.96. The maximum absolute atomic E-state index is 10.9. The van der Waals surface area contributed by atoms with Crippen LogP contribution in [0.5, 0.6) is 0 Å². The minimum atomic E-state index is 0.000310. The van der Waals surface area contributed by atoms with E-state index in [4.69, 9.17) is 5.73 Å². The summed E-state index contributed by atoms with van der Waals surface area (Å²) in [6.07, 6.45) is 0.953. The molecule has 17 heavy (non-hydrogen) atoms. The molecule has 0 amide bonds. The zero-order chi connectivity index (χ0) is 12.1. The highest BCUT2D eigenvalue weighted by Crippen LogP contribution is 2.05. The molecule has 0 saturated carbocycles. The minimum Gasteiger partial charge on any atom is -0.399 e. The van der Waals surface area contributed by atoms with Crippen LogP contribution < -0.4 is 15.9 Å². The number of anilines is 1. The number of nitrogen functional groups attached to an aromatic ring is 1. The van der Waals surface area contributed by atoms with E-state index >= 15 is 0 Å². The second-order valence-corrected chi connectivity index (χ2v) is 4.68. The number of nitrogens with one attached hydrogen (secondary N) is 2. The van der Waals surface area contributed by atoms with Gasteiger partial charge in [-0.1, -0.05) is 23.5 Å². The van der Waals surface area contributed by atoms with Crippen molar-refractivity contribution in [3.05, 3.63) is 50.6 Å². The fourth-order valence-electron chi connectivity index (χ4n) is 1.54. The molecular weight excluding hydrogens is 234 g/mol. The van der Waals surface area contributed by atoms with Crippen molar-refractivity contribution in [3.63, 3.8) is 0 Å². The highest BCUT2D eigenvalue weighted by atomic mass is 32.1. The van der Waals surface area contributed by atoms with Crippen LogP contribution in [0, 0.1) is 0 Å². The Kier molecular flexibility index (Phi) is 3.95. The fourth-order valence-corrected chi connectivity index (χ4v) is 2.12. The van der Waals surface area contributed by atoms with Crippen molar-refractivity contribution >= 4 is 17.0 Å². The van der Waals surface area contributed by atoms with Gasteiger partial charge in [-0.05, 0) is 30.7 Å². The molecule has 2 aromatic rings. The first kappa shape index (κ1) is 11.9. The Labute approximate surface area is 103 Å². The predicted octanol–water partition coefficient (Wildman–Crippen LogP) is 1.35. The first-order valence-electron chi connectivity index (χ1n) is 5.46. The molecule has 0 spiro atoms. The van der Waals surface area contributed by atoms with Crippen molar-refractivity contribution in [1.82, 2.24) is 10.3 Å². The normalized spacial score (nSPS) is 10.6. The number of rotatable bonds is 5. The van der Waals surface area contributed by atoms with Crippen LogP contribution in [0.25, 0.3) is 0 Å². The van der Waals surface area contributed by atoms with E-state index in [-0.39, 0.29) is 4.87 Å². The van der Waals surface area contributed by atoms with E-state index in [2.05, 4.69) is 10.3 Å². The first-order valence-corrected chi connectivity index (χ1v) is 6.34. The lowest BCUT2D eigenvalue weighted by molar-refractivity contribution is 0.676. The SMILES string of the molecule is Nc1ccc(CCNCc2csc(=O)[nH]2)cc1. The van der Waals surface area contributed by atoms with E-state index in [1.807, 2.05) is 29.6 Å². The quantitative estimate of drug-likeness (QED) is 0.553. The third kappa shape index (κ3) is 3.72. The molecule has 0 aliphatic carbocycles. The van der Waals surface area contributed by atoms with E-state index in [0.717, 1.165) is 24.3 Å². The van der Waals surface area contributed by atoms with Crippen LogP contribution in [-0.4, -0.2) is 11.5 Å². The van der Waals surface area contributed by atoms with E-state index in [0.29, 0.717) is 6.54 Å². The molecule has 2 rings (SSSR count). The maximum Gasteiger partial charge on any atom is 0.304 e. The summed E-state index contributed by atoms with van der Waals surface area (Å²) < 4.78 is 0. The Balaban J connectivity index is 1.73. The van der Waals surface area contributed by atoms with E-state index in [1.165, 1.54) is 16.9 Å². The molecule has 5 heteroatoms. The zero-order valence-corrected chi connectivity index (χ0v) is 10.2. The molecular formula is C12H15N3OS. The summed E-state index contributed by atoms with van der Waals surface area (Å²) in [7, 11) is 0. The average molecular weight is 249 g/mol. The topological polar surface area (TPSA) is 70.9 Å².